The fourth-order valence-corrected chi connectivity index (χ4v) is 1.57. The van der Waals surface area contributed by atoms with Crippen molar-refractivity contribution in [2.24, 2.45) is 5.73 Å². The molecule has 0 saturated carbocycles. The van der Waals surface area contributed by atoms with Crippen molar-refractivity contribution in [2.75, 3.05) is 26.9 Å². The Morgan fingerprint density at radius 2 is 2.21 bits per heavy atom. The molecule has 5 nitrogen and oxygen atoms in total. The van der Waals surface area contributed by atoms with Crippen molar-refractivity contribution in [1.82, 2.24) is 5.32 Å². The molecule has 1 amide bonds. The summed E-state index contributed by atoms with van der Waals surface area (Å²) in [5.41, 5.74) is 5.87. The molecule has 0 aliphatic heterocycles. The van der Waals surface area contributed by atoms with Gasteiger partial charge in [-0.3, -0.25) is 4.79 Å². The van der Waals surface area contributed by atoms with Crippen molar-refractivity contribution < 1.29 is 14.3 Å². The molecule has 19 heavy (non-hydrogen) atoms. The first-order valence-electron chi connectivity index (χ1n) is 6.00. The third kappa shape index (κ3) is 5.06. The number of benzene rings is 1. The highest BCUT2D eigenvalue weighted by molar-refractivity contribution is 6.31. The molecule has 3 N–H and O–H groups in total. The van der Waals surface area contributed by atoms with Gasteiger partial charge in [-0.15, -0.1) is 0 Å². The monoisotopic (exact) mass is 286 g/mol. The average molecular weight is 287 g/mol. The predicted octanol–water partition coefficient (Wildman–Crippen LogP) is 1.44. The Bertz CT molecular complexity index is 426. The van der Waals surface area contributed by atoms with E-state index in [2.05, 4.69) is 5.32 Å². The number of hydrogen-bond acceptors (Lipinski definition) is 4. The molecule has 0 heterocycles. The predicted molar refractivity (Wildman–Crippen MR) is 74.8 cm³/mol. The summed E-state index contributed by atoms with van der Waals surface area (Å²) in [6.45, 7) is 3.01. The quantitative estimate of drug-likeness (QED) is 0.744. The van der Waals surface area contributed by atoms with Gasteiger partial charge >= 0.3 is 0 Å². The van der Waals surface area contributed by atoms with Crippen molar-refractivity contribution in [3.63, 3.8) is 0 Å². The maximum atomic E-state index is 12.1. The number of carbonyl (C=O) groups is 1. The summed E-state index contributed by atoms with van der Waals surface area (Å²) in [5.74, 6) is 0.219. The number of halogens is 1. The van der Waals surface area contributed by atoms with Gasteiger partial charge in [-0.2, -0.15) is 0 Å². The normalized spacial score (nSPS) is 12.0. The lowest BCUT2D eigenvalue weighted by Gasteiger charge is -2.14. The first kappa shape index (κ1) is 15.8. The van der Waals surface area contributed by atoms with E-state index in [-0.39, 0.29) is 11.9 Å². The molecule has 6 heteroatoms. The van der Waals surface area contributed by atoms with Gasteiger partial charge in [0.1, 0.15) is 12.4 Å². The largest absolute Gasteiger partial charge is 0.490 e. The Morgan fingerprint density at radius 3 is 2.84 bits per heavy atom. The topological polar surface area (TPSA) is 73.6 Å². The van der Waals surface area contributed by atoms with Crippen LogP contribution in [0.1, 0.15) is 17.3 Å². The number of carbonyl (C=O) groups excluding carboxylic acids is 1. The lowest BCUT2D eigenvalue weighted by atomic mass is 10.1. The van der Waals surface area contributed by atoms with Crippen LogP contribution in [0.5, 0.6) is 5.75 Å². The molecule has 0 unspecified atom stereocenters. The molecule has 1 atom stereocenters. The van der Waals surface area contributed by atoms with Crippen molar-refractivity contribution in [3.05, 3.63) is 28.8 Å². The molecule has 1 aromatic carbocycles. The summed E-state index contributed by atoms with van der Waals surface area (Å²) in [7, 11) is 1.59. The van der Waals surface area contributed by atoms with Crippen molar-refractivity contribution in [1.29, 1.82) is 0 Å². The molecular weight excluding hydrogens is 268 g/mol. The van der Waals surface area contributed by atoms with Crippen LogP contribution in [-0.2, 0) is 4.74 Å². The molecule has 0 aromatic heterocycles. The van der Waals surface area contributed by atoms with Gasteiger partial charge in [-0.1, -0.05) is 11.6 Å². The molecule has 1 rings (SSSR count). The van der Waals surface area contributed by atoms with E-state index < -0.39 is 0 Å². The van der Waals surface area contributed by atoms with Crippen molar-refractivity contribution >= 4 is 17.5 Å². The molecule has 0 fully saturated rings. The minimum Gasteiger partial charge on any atom is -0.490 e. The van der Waals surface area contributed by atoms with Gasteiger partial charge in [-0.05, 0) is 25.1 Å². The van der Waals surface area contributed by atoms with E-state index in [0.29, 0.717) is 36.1 Å². The molecule has 106 valence electrons. The first-order chi connectivity index (χ1) is 9.08. The number of amides is 1. The molecule has 0 aliphatic carbocycles. The number of nitrogens with one attached hydrogen (secondary N) is 1. The fourth-order valence-electron chi connectivity index (χ4n) is 1.40. The molecule has 0 bridgehead atoms. The number of rotatable bonds is 7. The van der Waals surface area contributed by atoms with Gasteiger partial charge in [0.05, 0.1) is 12.2 Å². The van der Waals surface area contributed by atoms with Crippen LogP contribution in [-0.4, -0.2) is 38.8 Å². The smallest absolute Gasteiger partial charge is 0.255 e. The number of hydrogen-bond donors (Lipinski definition) is 2. The zero-order valence-electron chi connectivity index (χ0n) is 11.1. The summed E-state index contributed by atoms with van der Waals surface area (Å²) in [6.07, 6.45) is 0. The van der Waals surface area contributed by atoms with Crippen LogP contribution in [0.3, 0.4) is 0 Å². The van der Waals surface area contributed by atoms with E-state index in [4.69, 9.17) is 26.8 Å². The number of nitrogens with two attached hydrogens (primary N) is 1. The lowest BCUT2D eigenvalue weighted by molar-refractivity contribution is 0.0933. The lowest BCUT2D eigenvalue weighted by Crippen LogP contribution is -2.38. The van der Waals surface area contributed by atoms with Crippen LogP contribution < -0.4 is 15.8 Å². The highest BCUT2D eigenvalue weighted by Crippen LogP contribution is 2.23. The van der Waals surface area contributed by atoms with E-state index in [1.807, 2.05) is 6.92 Å². The van der Waals surface area contributed by atoms with E-state index in [9.17, 15) is 4.79 Å². The maximum Gasteiger partial charge on any atom is 0.255 e. The minimum absolute atomic E-state index is 0.113. The van der Waals surface area contributed by atoms with Crippen LogP contribution in [0.15, 0.2) is 18.2 Å². The number of methoxy groups -OCH3 is 1. The van der Waals surface area contributed by atoms with Gasteiger partial charge in [0.2, 0.25) is 0 Å². The Hall–Kier alpha value is -1.30. The van der Waals surface area contributed by atoms with Crippen molar-refractivity contribution in [2.45, 2.75) is 13.0 Å². The summed E-state index contributed by atoms with van der Waals surface area (Å²) in [6, 6.07) is 4.80. The highest BCUT2D eigenvalue weighted by Gasteiger charge is 2.15. The Balaban J connectivity index is 2.83. The van der Waals surface area contributed by atoms with Gasteiger partial charge < -0.3 is 20.5 Å². The summed E-state index contributed by atoms with van der Waals surface area (Å²) < 4.78 is 10.4. The van der Waals surface area contributed by atoms with Gasteiger partial charge in [0, 0.05) is 24.7 Å². The third-order valence-electron chi connectivity index (χ3n) is 2.46. The van der Waals surface area contributed by atoms with E-state index in [0.717, 1.165) is 0 Å². The minimum atomic E-state index is -0.257. The van der Waals surface area contributed by atoms with Gasteiger partial charge in [0.25, 0.3) is 5.91 Å². The van der Waals surface area contributed by atoms with Crippen LogP contribution >= 0.6 is 11.6 Å². The summed E-state index contributed by atoms with van der Waals surface area (Å²) in [5, 5.41) is 3.25. The maximum absolute atomic E-state index is 12.1. The van der Waals surface area contributed by atoms with Gasteiger partial charge in [0.15, 0.2) is 0 Å². The Labute approximate surface area is 118 Å². The number of ether oxygens (including phenoxy) is 2. The standard InChI is InChI=1S/C13H19ClN2O3/c1-9(8-15)16-13(17)11-7-10(14)3-4-12(11)19-6-5-18-2/h3-4,7,9H,5-6,8,15H2,1-2H3,(H,16,17)/t9-/m0/s1. The molecular formula is C13H19ClN2O3. The molecule has 0 spiro atoms. The van der Waals surface area contributed by atoms with E-state index in [1.54, 1.807) is 25.3 Å². The molecule has 0 saturated heterocycles. The van der Waals surface area contributed by atoms with Gasteiger partial charge in [-0.25, -0.2) is 0 Å². The molecule has 0 radical (unpaired) electrons. The highest BCUT2D eigenvalue weighted by atomic mass is 35.5. The third-order valence-corrected chi connectivity index (χ3v) is 2.70. The molecule has 0 aliphatic rings. The summed E-state index contributed by atoms with van der Waals surface area (Å²) >= 11 is 5.91. The zero-order chi connectivity index (χ0) is 14.3. The van der Waals surface area contributed by atoms with Crippen LogP contribution in [0.4, 0.5) is 0 Å². The SMILES string of the molecule is COCCOc1ccc(Cl)cc1C(=O)N[C@@H](C)CN. The second-order valence-electron chi connectivity index (χ2n) is 4.09. The second-order valence-corrected chi connectivity index (χ2v) is 4.53. The van der Waals surface area contributed by atoms with E-state index in [1.165, 1.54) is 0 Å². The zero-order valence-corrected chi connectivity index (χ0v) is 11.9. The van der Waals surface area contributed by atoms with E-state index >= 15 is 0 Å². The Kier molecular flexibility index (Phi) is 6.62. The average Bonchev–Trinajstić information content (AvgIpc) is 2.40. The Morgan fingerprint density at radius 1 is 1.47 bits per heavy atom. The second kappa shape index (κ2) is 7.99. The first-order valence-corrected chi connectivity index (χ1v) is 6.38. The fraction of sp³-hybridized carbons (Fsp3) is 0.462. The molecule has 1 aromatic rings. The van der Waals surface area contributed by atoms with Crippen LogP contribution in [0.25, 0.3) is 0 Å². The summed E-state index contributed by atoms with van der Waals surface area (Å²) in [4.78, 5) is 12.1. The van der Waals surface area contributed by atoms with Crippen LogP contribution in [0, 0.1) is 0 Å². The van der Waals surface area contributed by atoms with Crippen molar-refractivity contribution in [3.8, 4) is 5.75 Å². The van der Waals surface area contributed by atoms with Crippen LogP contribution in [0.2, 0.25) is 5.02 Å².